The number of rotatable bonds is 6. The summed E-state index contributed by atoms with van der Waals surface area (Å²) in [4.78, 5) is 37.7. The van der Waals surface area contributed by atoms with E-state index in [1.54, 1.807) is 30.3 Å². The van der Waals surface area contributed by atoms with E-state index in [1.807, 2.05) is 0 Å². The molecule has 7 nitrogen and oxygen atoms in total. The number of anilines is 1. The maximum absolute atomic E-state index is 13.4. The number of non-ortho nitro benzene ring substituents is 1. The van der Waals surface area contributed by atoms with Crippen LogP contribution >= 0.6 is 0 Å². The monoisotopic (exact) mass is 494 g/mol. The van der Waals surface area contributed by atoms with Crippen molar-refractivity contribution >= 4 is 29.1 Å². The lowest BCUT2D eigenvalue weighted by atomic mass is 9.94. The first-order valence-electron chi connectivity index (χ1n) is 10.5. The van der Waals surface area contributed by atoms with E-state index in [-0.39, 0.29) is 16.9 Å². The van der Waals surface area contributed by atoms with E-state index in [9.17, 15) is 38.0 Å². The Morgan fingerprint density at radius 1 is 1.00 bits per heavy atom. The molecule has 0 saturated carbocycles. The van der Waals surface area contributed by atoms with E-state index >= 15 is 0 Å². The molecule has 0 saturated heterocycles. The van der Waals surface area contributed by atoms with Gasteiger partial charge in [-0.3, -0.25) is 24.6 Å². The first-order valence-corrected chi connectivity index (χ1v) is 10.5. The van der Waals surface area contributed by atoms with Crippen LogP contribution in [-0.2, 0) is 15.8 Å². The Morgan fingerprint density at radius 3 is 2.36 bits per heavy atom. The van der Waals surface area contributed by atoms with Crippen molar-refractivity contribution in [1.82, 2.24) is 0 Å². The van der Waals surface area contributed by atoms with Gasteiger partial charge >= 0.3 is 6.18 Å². The van der Waals surface area contributed by atoms with Gasteiger partial charge in [0.1, 0.15) is 0 Å². The zero-order chi connectivity index (χ0) is 26.0. The number of aliphatic hydroxyl groups excluding tert-OH is 1. The summed E-state index contributed by atoms with van der Waals surface area (Å²) in [5, 5.41) is 22.0. The molecule has 182 valence electrons. The Bertz CT molecular complexity index is 1410. The van der Waals surface area contributed by atoms with E-state index in [4.69, 9.17) is 0 Å². The number of hydrogen-bond acceptors (Lipinski definition) is 5. The zero-order valence-corrected chi connectivity index (χ0v) is 18.3. The molecule has 3 aromatic carbocycles. The average molecular weight is 494 g/mol. The van der Waals surface area contributed by atoms with Gasteiger partial charge < -0.3 is 5.11 Å². The number of benzene rings is 3. The van der Waals surface area contributed by atoms with Crippen molar-refractivity contribution in [3.8, 4) is 0 Å². The molecule has 1 N–H and O–H groups in total. The van der Waals surface area contributed by atoms with Crippen LogP contribution in [0, 0.1) is 10.1 Å². The largest absolute Gasteiger partial charge is 0.503 e. The molecule has 1 amide bonds. The second-order valence-electron chi connectivity index (χ2n) is 7.85. The van der Waals surface area contributed by atoms with Crippen molar-refractivity contribution in [2.75, 3.05) is 4.90 Å². The van der Waals surface area contributed by atoms with Crippen molar-refractivity contribution in [2.45, 2.75) is 12.2 Å². The fourth-order valence-electron chi connectivity index (χ4n) is 3.91. The van der Waals surface area contributed by atoms with Gasteiger partial charge in [0.05, 0.1) is 22.1 Å². The second-order valence-corrected chi connectivity index (χ2v) is 7.85. The van der Waals surface area contributed by atoms with Gasteiger partial charge in [-0.15, -0.1) is 0 Å². The molecule has 0 bridgehead atoms. The van der Waals surface area contributed by atoms with Crippen molar-refractivity contribution < 1.29 is 32.8 Å². The van der Waals surface area contributed by atoms with Crippen molar-refractivity contribution in [1.29, 1.82) is 0 Å². The first kappa shape index (κ1) is 24.4. The van der Waals surface area contributed by atoms with Gasteiger partial charge in [0.25, 0.3) is 11.6 Å². The number of nitro groups is 1. The number of nitro benzene ring substituents is 1. The molecule has 0 fully saturated rings. The van der Waals surface area contributed by atoms with E-state index in [0.29, 0.717) is 11.6 Å². The van der Waals surface area contributed by atoms with Gasteiger partial charge in [0.15, 0.2) is 11.5 Å². The highest BCUT2D eigenvalue weighted by atomic mass is 19.4. The van der Waals surface area contributed by atoms with Crippen molar-refractivity contribution in [3.05, 3.63) is 123 Å². The average Bonchev–Trinajstić information content (AvgIpc) is 3.13. The van der Waals surface area contributed by atoms with Crippen LogP contribution in [0.1, 0.15) is 22.7 Å². The van der Waals surface area contributed by atoms with Crippen LogP contribution in [0.25, 0.3) is 6.08 Å². The van der Waals surface area contributed by atoms with Crippen LogP contribution in [0.4, 0.5) is 24.5 Å². The van der Waals surface area contributed by atoms with Crippen LogP contribution in [0.2, 0.25) is 0 Å². The van der Waals surface area contributed by atoms with Crippen LogP contribution in [0.5, 0.6) is 0 Å². The Kier molecular flexibility index (Phi) is 6.43. The lowest BCUT2D eigenvalue weighted by Gasteiger charge is -2.27. The van der Waals surface area contributed by atoms with Crippen LogP contribution in [0.15, 0.2) is 96.3 Å². The Balaban J connectivity index is 1.85. The maximum atomic E-state index is 13.4. The molecule has 3 aromatic rings. The molecule has 0 aliphatic carbocycles. The number of ketones is 1. The molecule has 1 heterocycles. The third kappa shape index (κ3) is 4.74. The SMILES string of the molecule is O=C(C=Cc1ccccc1)C1=C(O)C(=O)N(c2cccc(C(F)(F)F)c2)C1c1cccc([N+](=O)[O-])c1. The van der Waals surface area contributed by atoms with E-state index in [0.717, 1.165) is 29.2 Å². The Labute approximate surface area is 202 Å². The number of carbonyl (C=O) groups is 2. The Hall–Kier alpha value is -4.73. The molecule has 0 radical (unpaired) electrons. The number of carbonyl (C=O) groups excluding carboxylic acids is 2. The van der Waals surface area contributed by atoms with E-state index < -0.39 is 45.7 Å². The van der Waals surface area contributed by atoms with Crippen LogP contribution in [-0.4, -0.2) is 21.7 Å². The van der Waals surface area contributed by atoms with Gasteiger partial charge in [-0.1, -0.05) is 54.6 Å². The minimum absolute atomic E-state index is 0.0653. The minimum Gasteiger partial charge on any atom is -0.503 e. The third-order valence-corrected chi connectivity index (χ3v) is 5.55. The summed E-state index contributed by atoms with van der Waals surface area (Å²) in [5.41, 5.74) is -1.35. The highest BCUT2D eigenvalue weighted by molar-refractivity contribution is 6.19. The molecule has 4 rings (SSSR count). The molecule has 0 aromatic heterocycles. The number of aliphatic hydroxyl groups is 1. The minimum atomic E-state index is -4.72. The first-order chi connectivity index (χ1) is 17.1. The lowest BCUT2D eigenvalue weighted by molar-refractivity contribution is -0.384. The van der Waals surface area contributed by atoms with Crippen molar-refractivity contribution in [3.63, 3.8) is 0 Å². The molecule has 10 heteroatoms. The van der Waals surface area contributed by atoms with Gasteiger partial charge in [-0.2, -0.15) is 13.2 Å². The standard InChI is InChI=1S/C26H17F3N2O5/c27-26(28,29)18-9-5-10-19(15-18)30-23(17-8-4-11-20(14-17)31(35)36)22(24(33)25(30)34)21(32)13-12-16-6-2-1-3-7-16/h1-15,23,33H. The second kappa shape index (κ2) is 9.49. The Morgan fingerprint density at radius 2 is 1.69 bits per heavy atom. The molecule has 1 unspecified atom stereocenters. The van der Waals surface area contributed by atoms with Gasteiger partial charge in [-0.05, 0) is 35.4 Å². The van der Waals surface area contributed by atoms with Gasteiger partial charge in [0.2, 0.25) is 0 Å². The predicted molar refractivity (Wildman–Crippen MR) is 125 cm³/mol. The van der Waals surface area contributed by atoms with Crippen molar-refractivity contribution in [2.24, 2.45) is 0 Å². The molecule has 36 heavy (non-hydrogen) atoms. The number of allylic oxidation sites excluding steroid dienone is 1. The predicted octanol–water partition coefficient (Wildman–Crippen LogP) is 5.80. The molecule has 1 aliphatic rings. The molecule has 0 spiro atoms. The fraction of sp³-hybridized carbons (Fsp3) is 0.0769. The number of halogens is 3. The lowest BCUT2D eigenvalue weighted by Crippen LogP contribution is -2.31. The van der Waals surface area contributed by atoms with Gasteiger partial charge in [-0.25, -0.2) is 0 Å². The summed E-state index contributed by atoms with van der Waals surface area (Å²) in [6.07, 6.45) is -2.15. The summed E-state index contributed by atoms with van der Waals surface area (Å²) >= 11 is 0. The highest BCUT2D eigenvalue weighted by Gasteiger charge is 2.44. The quantitative estimate of drug-likeness (QED) is 0.265. The number of hydrogen-bond donors (Lipinski definition) is 1. The van der Waals surface area contributed by atoms with E-state index in [1.165, 1.54) is 30.3 Å². The number of alkyl halides is 3. The number of amides is 1. The summed E-state index contributed by atoms with van der Waals surface area (Å²) in [7, 11) is 0. The zero-order valence-electron chi connectivity index (χ0n) is 18.3. The normalized spacial score (nSPS) is 16.1. The van der Waals surface area contributed by atoms with Crippen LogP contribution in [0.3, 0.4) is 0 Å². The smallest absolute Gasteiger partial charge is 0.416 e. The fourth-order valence-corrected chi connectivity index (χ4v) is 3.91. The summed E-state index contributed by atoms with van der Waals surface area (Å²) in [6.45, 7) is 0. The topological polar surface area (TPSA) is 101 Å². The maximum Gasteiger partial charge on any atom is 0.416 e. The summed E-state index contributed by atoms with van der Waals surface area (Å²) in [5.74, 6) is -2.84. The molecular formula is C26H17F3N2O5. The highest BCUT2D eigenvalue weighted by Crippen LogP contribution is 2.43. The van der Waals surface area contributed by atoms with Gasteiger partial charge in [0, 0.05) is 17.8 Å². The van der Waals surface area contributed by atoms with Crippen LogP contribution < -0.4 is 4.90 Å². The summed E-state index contributed by atoms with van der Waals surface area (Å²) < 4.78 is 40.1. The van der Waals surface area contributed by atoms with E-state index in [2.05, 4.69) is 0 Å². The molecular weight excluding hydrogens is 477 g/mol. The number of nitrogens with zero attached hydrogens (tertiary/aromatic N) is 2. The molecule has 1 aliphatic heterocycles. The summed E-state index contributed by atoms with van der Waals surface area (Å²) in [6, 6.07) is 16.1. The molecule has 1 atom stereocenters. The third-order valence-electron chi connectivity index (χ3n) is 5.55.